The molecule has 0 bridgehead atoms. The molecule has 0 fully saturated rings. The van der Waals surface area contributed by atoms with Crippen LogP contribution in [0.25, 0.3) is 0 Å². The predicted molar refractivity (Wildman–Crippen MR) is 71.3 cm³/mol. The average Bonchev–Trinajstić information content (AvgIpc) is 2.34. The molecule has 0 aromatic heterocycles. The van der Waals surface area contributed by atoms with Gasteiger partial charge in [0.2, 0.25) is 0 Å². The monoisotopic (exact) mass is 244 g/mol. The Morgan fingerprint density at radius 3 is 2.41 bits per heavy atom. The van der Waals surface area contributed by atoms with Gasteiger partial charge in [-0.05, 0) is 19.3 Å². The summed E-state index contributed by atoms with van der Waals surface area (Å²) in [6, 6.07) is 0.357. The first-order valence-corrected chi connectivity index (χ1v) is 6.74. The van der Waals surface area contributed by atoms with Crippen LogP contribution < -0.4 is 5.32 Å². The summed E-state index contributed by atoms with van der Waals surface area (Å²) in [5, 5.41) is 2.97. The van der Waals surface area contributed by atoms with Crippen molar-refractivity contribution < 1.29 is 9.53 Å². The maximum Gasteiger partial charge on any atom is 0.317 e. The van der Waals surface area contributed by atoms with Crippen molar-refractivity contribution in [3.05, 3.63) is 0 Å². The summed E-state index contributed by atoms with van der Waals surface area (Å²) in [5.41, 5.74) is 0. The van der Waals surface area contributed by atoms with Gasteiger partial charge in [-0.15, -0.1) is 0 Å². The molecule has 0 unspecified atom stereocenters. The highest BCUT2D eigenvalue weighted by molar-refractivity contribution is 5.74. The van der Waals surface area contributed by atoms with Gasteiger partial charge < -0.3 is 15.0 Å². The third kappa shape index (κ3) is 6.51. The van der Waals surface area contributed by atoms with Gasteiger partial charge in [0, 0.05) is 26.2 Å². The second-order valence-corrected chi connectivity index (χ2v) is 4.24. The van der Waals surface area contributed by atoms with Gasteiger partial charge in [0.15, 0.2) is 0 Å². The molecule has 0 aromatic carbocycles. The molecular formula is C13H28N2O2. The molecule has 4 heteroatoms. The smallest absolute Gasteiger partial charge is 0.317 e. The van der Waals surface area contributed by atoms with E-state index in [2.05, 4.69) is 26.1 Å². The second kappa shape index (κ2) is 10.4. The van der Waals surface area contributed by atoms with Crippen molar-refractivity contribution in [1.82, 2.24) is 10.2 Å². The summed E-state index contributed by atoms with van der Waals surface area (Å²) < 4.78 is 5.07. The number of unbranched alkanes of at least 4 members (excludes halogenated alkanes) is 1. The van der Waals surface area contributed by atoms with Crippen LogP contribution in [0.5, 0.6) is 0 Å². The number of hydrogen-bond acceptors (Lipinski definition) is 2. The van der Waals surface area contributed by atoms with E-state index in [0.29, 0.717) is 19.2 Å². The van der Waals surface area contributed by atoms with E-state index in [4.69, 9.17) is 4.74 Å². The summed E-state index contributed by atoms with van der Waals surface area (Å²) in [6.45, 7) is 8.38. The van der Waals surface area contributed by atoms with Gasteiger partial charge in [0.25, 0.3) is 0 Å². The highest BCUT2D eigenvalue weighted by Gasteiger charge is 2.19. The zero-order chi connectivity index (χ0) is 13.1. The molecule has 17 heavy (non-hydrogen) atoms. The largest absolute Gasteiger partial charge is 0.383 e. The van der Waals surface area contributed by atoms with Crippen molar-refractivity contribution in [2.45, 2.75) is 52.5 Å². The van der Waals surface area contributed by atoms with Gasteiger partial charge in [-0.25, -0.2) is 4.79 Å². The van der Waals surface area contributed by atoms with E-state index in [1.807, 2.05) is 4.90 Å². The Morgan fingerprint density at radius 2 is 1.94 bits per heavy atom. The van der Waals surface area contributed by atoms with E-state index in [1.165, 1.54) is 0 Å². The van der Waals surface area contributed by atoms with E-state index >= 15 is 0 Å². The molecule has 0 saturated carbocycles. The van der Waals surface area contributed by atoms with Crippen molar-refractivity contribution in [3.8, 4) is 0 Å². The lowest BCUT2D eigenvalue weighted by Gasteiger charge is -2.30. The number of amides is 2. The standard InChI is InChI=1S/C13H28N2O2/c1-5-8-9-14-13(16)15(10-11-17-4)12(6-2)7-3/h12H,5-11H2,1-4H3,(H,14,16). The Balaban J connectivity index is 4.27. The fourth-order valence-corrected chi connectivity index (χ4v) is 1.84. The summed E-state index contributed by atoms with van der Waals surface area (Å²) in [4.78, 5) is 13.9. The molecular weight excluding hydrogens is 216 g/mol. The first-order valence-electron chi connectivity index (χ1n) is 6.74. The highest BCUT2D eigenvalue weighted by atomic mass is 16.5. The highest BCUT2D eigenvalue weighted by Crippen LogP contribution is 2.08. The number of methoxy groups -OCH3 is 1. The van der Waals surface area contributed by atoms with Crippen LogP contribution in [0, 0.1) is 0 Å². The first kappa shape index (κ1) is 16.2. The molecule has 0 aliphatic heterocycles. The van der Waals surface area contributed by atoms with Crippen molar-refractivity contribution >= 4 is 6.03 Å². The molecule has 4 nitrogen and oxygen atoms in total. The molecule has 0 atom stereocenters. The number of urea groups is 1. The molecule has 0 spiro atoms. The molecule has 0 aliphatic rings. The normalized spacial score (nSPS) is 10.6. The Bertz CT molecular complexity index is 194. The number of carbonyl (C=O) groups is 1. The SMILES string of the molecule is CCCCNC(=O)N(CCOC)C(CC)CC. The van der Waals surface area contributed by atoms with Crippen molar-refractivity contribution in [3.63, 3.8) is 0 Å². The predicted octanol–water partition coefficient (Wildman–Crippen LogP) is 2.63. The zero-order valence-electron chi connectivity index (χ0n) is 11.8. The summed E-state index contributed by atoms with van der Waals surface area (Å²) >= 11 is 0. The summed E-state index contributed by atoms with van der Waals surface area (Å²) in [7, 11) is 1.67. The topological polar surface area (TPSA) is 41.6 Å². The third-order valence-electron chi connectivity index (χ3n) is 2.99. The van der Waals surface area contributed by atoms with Gasteiger partial charge in [-0.3, -0.25) is 0 Å². The molecule has 0 heterocycles. The van der Waals surface area contributed by atoms with E-state index in [9.17, 15) is 4.79 Å². The van der Waals surface area contributed by atoms with Gasteiger partial charge >= 0.3 is 6.03 Å². The van der Waals surface area contributed by atoms with Gasteiger partial charge in [-0.2, -0.15) is 0 Å². The fourth-order valence-electron chi connectivity index (χ4n) is 1.84. The minimum absolute atomic E-state index is 0.0456. The number of carbonyl (C=O) groups excluding carboxylic acids is 1. The van der Waals surface area contributed by atoms with E-state index in [-0.39, 0.29) is 6.03 Å². The molecule has 0 aliphatic carbocycles. The van der Waals surface area contributed by atoms with Crippen molar-refractivity contribution in [2.75, 3.05) is 26.8 Å². The van der Waals surface area contributed by atoms with E-state index in [1.54, 1.807) is 7.11 Å². The molecule has 1 N–H and O–H groups in total. The van der Waals surface area contributed by atoms with E-state index < -0.39 is 0 Å². The van der Waals surface area contributed by atoms with Crippen LogP contribution >= 0.6 is 0 Å². The molecule has 0 aromatic rings. The maximum absolute atomic E-state index is 12.0. The molecule has 102 valence electrons. The molecule has 0 radical (unpaired) electrons. The Morgan fingerprint density at radius 1 is 1.29 bits per heavy atom. The lowest BCUT2D eigenvalue weighted by molar-refractivity contribution is 0.126. The average molecular weight is 244 g/mol. The number of hydrogen-bond donors (Lipinski definition) is 1. The van der Waals surface area contributed by atoms with Crippen LogP contribution in [-0.2, 0) is 4.74 Å². The van der Waals surface area contributed by atoms with Crippen LogP contribution in [0.1, 0.15) is 46.5 Å². The minimum atomic E-state index is 0.0456. The lowest BCUT2D eigenvalue weighted by atomic mass is 10.1. The van der Waals surface area contributed by atoms with Crippen LogP contribution in [0.2, 0.25) is 0 Å². The van der Waals surface area contributed by atoms with Crippen molar-refractivity contribution in [1.29, 1.82) is 0 Å². The number of nitrogens with one attached hydrogen (secondary N) is 1. The fraction of sp³-hybridized carbons (Fsp3) is 0.923. The third-order valence-corrected chi connectivity index (χ3v) is 2.99. The summed E-state index contributed by atoms with van der Waals surface area (Å²) in [5.74, 6) is 0. The van der Waals surface area contributed by atoms with Crippen LogP contribution in [0.3, 0.4) is 0 Å². The minimum Gasteiger partial charge on any atom is -0.383 e. The summed E-state index contributed by atoms with van der Waals surface area (Å²) in [6.07, 6.45) is 4.11. The van der Waals surface area contributed by atoms with Crippen LogP contribution in [-0.4, -0.2) is 43.8 Å². The number of ether oxygens (including phenoxy) is 1. The number of nitrogens with zero attached hydrogens (tertiary/aromatic N) is 1. The van der Waals surface area contributed by atoms with Crippen LogP contribution in [0.4, 0.5) is 4.79 Å². The number of rotatable bonds is 9. The van der Waals surface area contributed by atoms with E-state index in [0.717, 1.165) is 32.2 Å². The van der Waals surface area contributed by atoms with Gasteiger partial charge in [0.05, 0.1) is 6.61 Å². The molecule has 2 amide bonds. The zero-order valence-corrected chi connectivity index (χ0v) is 11.8. The first-order chi connectivity index (χ1) is 8.21. The lowest BCUT2D eigenvalue weighted by Crippen LogP contribution is -2.47. The molecule has 0 rings (SSSR count). The maximum atomic E-state index is 12.0. The Hall–Kier alpha value is -0.770. The quantitative estimate of drug-likeness (QED) is 0.633. The Labute approximate surface area is 106 Å². The molecule has 0 saturated heterocycles. The van der Waals surface area contributed by atoms with Gasteiger partial charge in [-0.1, -0.05) is 27.2 Å². The van der Waals surface area contributed by atoms with Crippen LogP contribution in [0.15, 0.2) is 0 Å². The van der Waals surface area contributed by atoms with Gasteiger partial charge in [0.1, 0.15) is 0 Å². The Kier molecular flexibility index (Phi) is 9.92. The van der Waals surface area contributed by atoms with Crippen molar-refractivity contribution in [2.24, 2.45) is 0 Å². The second-order valence-electron chi connectivity index (χ2n) is 4.24.